The van der Waals surface area contributed by atoms with Crippen LogP contribution in [0.3, 0.4) is 0 Å². The lowest BCUT2D eigenvalue weighted by molar-refractivity contribution is 0.112. The summed E-state index contributed by atoms with van der Waals surface area (Å²) < 4.78 is 27.1. The molecule has 3 aromatic rings. The van der Waals surface area contributed by atoms with E-state index < -0.39 is 10.0 Å². The van der Waals surface area contributed by atoms with Gasteiger partial charge in [0, 0.05) is 28.2 Å². The lowest BCUT2D eigenvalue weighted by Crippen LogP contribution is -2.25. The molecular weight excluding hydrogens is 392 g/mol. The van der Waals surface area contributed by atoms with Crippen molar-refractivity contribution in [2.45, 2.75) is 11.3 Å². The molecule has 5 nitrogen and oxygen atoms in total. The molecule has 0 aliphatic carbocycles. The Kier molecular flexibility index (Phi) is 5.83. The third-order valence-corrected chi connectivity index (χ3v) is 6.53. The maximum Gasteiger partial charge on any atom is 0.240 e. The van der Waals surface area contributed by atoms with Gasteiger partial charge in [0.2, 0.25) is 10.0 Å². The molecule has 0 atom stereocenters. The van der Waals surface area contributed by atoms with Crippen LogP contribution in [0.15, 0.2) is 59.6 Å². The molecule has 3 rings (SSSR count). The van der Waals surface area contributed by atoms with Gasteiger partial charge in [0.25, 0.3) is 0 Å². The summed E-state index contributed by atoms with van der Waals surface area (Å²) in [4.78, 5) is 17.4. The average molecular weight is 407 g/mol. The molecule has 0 aliphatic heterocycles. The molecule has 0 amide bonds. The zero-order valence-electron chi connectivity index (χ0n) is 13.6. The number of carbonyl (C=O) groups is 1. The van der Waals surface area contributed by atoms with Crippen molar-refractivity contribution in [2.24, 2.45) is 0 Å². The highest BCUT2D eigenvalue weighted by molar-refractivity contribution is 7.89. The number of hydrogen-bond donors (Lipinski definition) is 1. The number of thiophene rings is 1. The van der Waals surface area contributed by atoms with E-state index in [4.69, 9.17) is 11.6 Å². The van der Waals surface area contributed by atoms with Gasteiger partial charge >= 0.3 is 0 Å². The number of pyridine rings is 1. The number of halogens is 1. The summed E-state index contributed by atoms with van der Waals surface area (Å²) >= 11 is 7.27. The second-order valence-corrected chi connectivity index (χ2v) is 8.80. The summed E-state index contributed by atoms with van der Waals surface area (Å²) in [6, 6.07) is 13.3. The van der Waals surface area contributed by atoms with E-state index in [1.54, 1.807) is 30.5 Å². The van der Waals surface area contributed by atoms with Gasteiger partial charge < -0.3 is 0 Å². The number of carbonyl (C=O) groups excluding carboxylic acids is 1. The summed E-state index contributed by atoms with van der Waals surface area (Å²) in [5, 5.41) is 0.485. The van der Waals surface area contributed by atoms with E-state index in [2.05, 4.69) is 9.71 Å². The number of aromatic nitrogens is 1. The maximum atomic E-state index is 12.2. The van der Waals surface area contributed by atoms with Crippen molar-refractivity contribution in [3.63, 3.8) is 0 Å². The number of benzene rings is 1. The number of hydrogen-bond acceptors (Lipinski definition) is 5. The fourth-order valence-electron chi connectivity index (χ4n) is 2.36. The first-order valence-corrected chi connectivity index (χ1v) is 10.4. The predicted molar refractivity (Wildman–Crippen MR) is 103 cm³/mol. The van der Waals surface area contributed by atoms with E-state index in [9.17, 15) is 13.2 Å². The predicted octanol–water partition coefficient (Wildman–Crippen LogP) is 3.80. The van der Waals surface area contributed by atoms with Crippen LogP contribution in [0.2, 0.25) is 5.02 Å². The molecule has 134 valence electrons. The second kappa shape index (κ2) is 8.09. The van der Waals surface area contributed by atoms with E-state index in [1.165, 1.54) is 23.5 Å². The van der Waals surface area contributed by atoms with Crippen LogP contribution in [0.1, 0.15) is 15.2 Å². The molecule has 2 heterocycles. The normalized spacial score (nSPS) is 11.4. The lowest BCUT2D eigenvalue weighted by Gasteiger charge is -2.06. The summed E-state index contributed by atoms with van der Waals surface area (Å²) in [6.07, 6.45) is 2.96. The molecule has 0 aliphatic rings. The van der Waals surface area contributed by atoms with Gasteiger partial charge in [0.15, 0.2) is 6.29 Å². The van der Waals surface area contributed by atoms with Crippen molar-refractivity contribution in [3.8, 4) is 10.6 Å². The number of aldehydes is 1. The molecule has 0 spiro atoms. The van der Waals surface area contributed by atoms with Gasteiger partial charge in [-0.25, -0.2) is 13.1 Å². The maximum absolute atomic E-state index is 12.2. The van der Waals surface area contributed by atoms with Crippen LogP contribution in [0.5, 0.6) is 0 Å². The number of nitrogens with one attached hydrogen (secondary N) is 1. The zero-order valence-corrected chi connectivity index (χ0v) is 15.9. The van der Waals surface area contributed by atoms with Crippen molar-refractivity contribution in [1.82, 2.24) is 9.71 Å². The first-order valence-electron chi connectivity index (χ1n) is 7.74. The summed E-state index contributed by atoms with van der Waals surface area (Å²) in [5.41, 5.74) is 1.17. The largest absolute Gasteiger partial charge is 0.298 e. The van der Waals surface area contributed by atoms with E-state index in [0.717, 1.165) is 16.0 Å². The molecule has 1 aromatic carbocycles. The summed E-state index contributed by atoms with van der Waals surface area (Å²) in [5.74, 6) is 0. The summed E-state index contributed by atoms with van der Waals surface area (Å²) in [6.45, 7) is 0.271. The Bertz CT molecular complexity index is 1010. The number of rotatable bonds is 7. The molecule has 0 bridgehead atoms. The standard InChI is InChI=1S/C18H15ClN2O3S2/c19-14-3-6-16(7-4-14)26(23,24)21-11-9-15-5-8-17(25-15)18-13(12-22)2-1-10-20-18/h1-8,10,12,21H,9,11H2. The topological polar surface area (TPSA) is 76.1 Å². The highest BCUT2D eigenvalue weighted by Crippen LogP contribution is 2.28. The van der Waals surface area contributed by atoms with E-state index in [1.807, 2.05) is 12.1 Å². The zero-order chi connectivity index (χ0) is 18.6. The fraction of sp³-hybridized carbons (Fsp3) is 0.111. The number of nitrogens with zero attached hydrogens (tertiary/aromatic N) is 1. The number of sulfonamides is 1. The van der Waals surface area contributed by atoms with Crippen LogP contribution in [-0.2, 0) is 16.4 Å². The van der Waals surface area contributed by atoms with Gasteiger partial charge in [0.05, 0.1) is 15.5 Å². The highest BCUT2D eigenvalue weighted by atomic mass is 35.5. The molecule has 0 radical (unpaired) electrons. The Labute approximate surface area is 160 Å². The molecule has 8 heteroatoms. The Morgan fingerprint density at radius 1 is 1.12 bits per heavy atom. The molecular formula is C18H15ClN2O3S2. The van der Waals surface area contributed by atoms with Crippen LogP contribution >= 0.6 is 22.9 Å². The van der Waals surface area contributed by atoms with Gasteiger partial charge in [-0.3, -0.25) is 9.78 Å². The Morgan fingerprint density at radius 3 is 2.62 bits per heavy atom. The fourth-order valence-corrected chi connectivity index (χ4v) is 4.55. The first-order chi connectivity index (χ1) is 12.5. The van der Waals surface area contributed by atoms with Gasteiger partial charge in [-0.15, -0.1) is 11.3 Å². The highest BCUT2D eigenvalue weighted by Gasteiger charge is 2.14. The molecule has 1 N–H and O–H groups in total. The van der Waals surface area contributed by atoms with Crippen molar-refractivity contribution in [3.05, 3.63) is 70.2 Å². The van der Waals surface area contributed by atoms with Crippen molar-refractivity contribution < 1.29 is 13.2 Å². The van der Waals surface area contributed by atoms with Gasteiger partial charge in [0.1, 0.15) is 0 Å². The molecule has 0 saturated heterocycles. The molecule has 0 saturated carbocycles. The quantitative estimate of drug-likeness (QED) is 0.605. The Hall–Kier alpha value is -2.06. The van der Waals surface area contributed by atoms with E-state index >= 15 is 0 Å². The minimum atomic E-state index is -3.57. The van der Waals surface area contributed by atoms with Crippen molar-refractivity contribution in [2.75, 3.05) is 6.54 Å². The second-order valence-electron chi connectivity index (χ2n) is 5.43. The lowest BCUT2D eigenvalue weighted by atomic mass is 10.2. The van der Waals surface area contributed by atoms with Crippen LogP contribution in [0, 0.1) is 0 Å². The molecule has 26 heavy (non-hydrogen) atoms. The van der Waals surface area contributed by atoms with E-state index in [-0.39, 0.29) is 11.4 Å². The summed E-state index contributed by atoms with van der Waals surface area (Å²) in [7, 11) is -3.57. The van der Waals surface area contributed by atoms with Crippen LogP contribution in [0.25, 0.3) is 10.6 Å². The van der Waals surface area contributed by atoms with Crippen molar-refractivity contribution in [1.29, 1.82) is 0 Å². The average Bonchev–Trinajstić information content (AvgIpc) is 3.10. The molecule has 0 fully saturated rings. The Morgan fingerprint density at radius 2 is 1.88 bits per heavy atom. The monoisotopic (exact) mass is 406 g/mol. The third kappa shape index (κ3) is 4.37. The minimum Gasteiger partial charge on any atom is -0.298 e. The van der Waals surface area contributed by atoms with Crippen LogP contribution in [0.4, 0.5) is 0 Å². The van der Waals surface area contributed by atoms with Gasteiger partial charge in [-0.05, 0) is 55.0 Å². The molecule has 2 aromatic heterocycles. The smallest absolute Gasteiger partial charge is 0.240 e. The SMILES string of the molecule is O=Cc1cccnc1-c1ccc(CCNS(=O)(=O)c2ccc(Cl)cc2)s1. The Balaban J connectivity index is 1.65. The van der Waals surface area contributed by atoms with Crippen LogP contribution < -0.4 is 4.72 Å². The van der Waals surface area contributed by atoms with Crippen molar-refractivity contribution >= 4 is 39.2 Å². The minimum absolute atomic E-state index is 0.179. The van der Waals surface area contributed by atoms with Crippen LogP contribution in [-0.4, -0.2) is 26.2 Å². The third-order valence-electron chi connectivity index (χ3n) is 3.65. The van der Waals surface area contributed by atoms with Gasteiger partial charge in [-0.2, -0.15) is 0 Å². The first kappa shape index (κ1) is 18.7. The van der Waals surface area contributed by atoms with E-state index in [0.29, 0.717) is 22.7 Å². The van der Waals surface area contributed by atoms with Gasteiger partial charge in [-0.1, -0.05) is 11.6 Å². The molecule has 0 unspecified atom stereocenters.